The van der Waals surface area contributed by atoms with E-state index in [4.69, 9.17) is 4.74 Å². The average Bonchev–Trinajstić information content (AvgIpc) is 2.86. The molecule has 0 aliphatic carbocycles. The molecule has 1 aromatic carbocycles. The van der Waals surface area contributed by atoms with E-state index < -0.39 is 0 Å². The lowest BCUT2D eigenvalue weighted by Crippen LogP contribution is -1.96. The van der Waals surface area contributed by atoms with Crippen molar-refractivity contribution >= 4 is 0 Å². The van der Waals surface area contributed by atoms with Gasteiger partial charge in [0.1, 0.15) is 12.4 Å². The molecule has 0 amide bonds. The topological polar surface area (TPSA) is 47.3 Å². The largest absolute Gasteiger partial charge is 0.508 e. The molecule has 17 heavy (non-hydrogen) atoms. The lowest BCUT2D eigenvalue weighted by Gasteiger charge is -2.03. The minimum Gasteiger partial charge on any atom is -0.508 e. The fourth-order valence-electron chi connectivity index (χ4n) is 2.18. The zero-order chi connectivity index (χ0) is 12.0. The Morgan fingerprint density at radius 1 is 1.35 bits per heavy atom. The predicted octanol–water partition coefficient (Wildman–Crippen LogP) is 2.26. The standard InChI is InChI=1S/C13H14N2O2/c1-8-7-10(3-4-11(8)16)12-9(2)13-15(14-12)5-6-17-13/h3-4,7,16H,5-6H2,1-2H3. The molecule has 1 aliphatic heterocycles. The third-order valence-corrected chi connectivity index (χ3v) is 3.14. The van der Waals surface area contributed by atoms with E-state index in [2.05, 4.69) is 5.10 Å². The molecule has 3 rings (SSSR count). The maximum Gasteiger partial charge on any atom is 0.215 e. The van der Waals surface area contributed by atoms with Gasteiger partial charge in [0.25, 0.3) is 0 Å². The van der Waals surface area contributed by atoms with Crippen molar-refractivity contribution in [2.24, 2.45) is 0 Å². The summed E-state index contributed by atoms with van der Waals surface area (Å²) in [5.74, 6) is 1.18. The number of aromatic nitrogens is 2. The van der Waals surface area contributed by atoms with Gasteiger partial charge in [0.05, 0.1) is 12.2 Å². The van der Waals surface area contributed by atoms with Crippen LogP contribution < -0.4 is 4.74 Å². The van der Waals surface area contributed by atoms with Gasteiger partial charge in [-0.3, -0.25) is 0 Å². The van der Waals surface area contributed by atoms with Crippen LogP contribution in [0.4, 0.5) is 0 Å². The summed E-state index contributed by atoms with van der Waals surface area (Å²) in [6, 6.07) is 5.53. The molecule has 0 radical (unpaired) electrons. The molecular formula is C13H14N2O2. The van der Waals surface area contributed by atoms with Crippen molar-refractivity contribution in [3.05, 3.63) is 29.3 Å². The Kier molecular flexibility index (Phi) is 2.11. The highest BCUT2D eigenvalue weighted by atomic mass is 16.5. The molecule has 2 heterocycles. The smallest absolute Gasteiger partial charge is 0.215 e. The third-order valence-electron chi connectivity index (χ3n) is 3.14. The Hall–Kier alpha value is -1.97. The van der Waals surface area contributed by atoms with E-state index in [1.165, 1.54) is 0 Å². The molecule has 0 fully saturated rings. The minimum absolute atomic E-state index is 0.314. The summed E-state index contributed by atoms with van der Waals surface area (Å²) in [7, 11) is 0. The fraction of sp³-hybridized carbons (Fsp3) is 0.308. The van der Waals surface area contributed by atoms with Gasteiger partial charge in [-0.1, -0.05) is 0 Å². The van der Waals surface area contributed by atoms with E-state index in [1.807, 2.05) is 30.7 Å². The summed E-state index contributed by atoms with van der Waals surface area (Å²) in [6.45, 7) is 5.42. The second-order valence-corrected chi connectivity index (χ2v) is 4.35. The van der Waals surface area contributed by atoms with Crippen molar-refractivity contribution < 1.29 is 9.84 Å². The van der Waals surface area contributed by atoms with Crippen molar-refractivity contribution in [2.45, 2.75) is 20.4 Å². The zero-order valence-corrected chi connectivity index (χ0v) is 9.90. The number of aryl methyl sites for hydroxylation is 1. The molecular weight excluding hydrogens is 216 g/mol. The van der Waals surface area contributed by atoms with Gasteiger partial charge in [0.15, 0.2) is 0 Å². The van der Waals surface area contributed by atoms with Gasteiger partial charge in [-0.2, -0.15) is 5.10 Å². The number of hydrogen-bond acceptors (Lipinski definition) is 3. The monoisotopic (exact) mass is 230 g/mol. The third kappa shape index (κ3) is 1.48. The molecule has 1 aromatic heterocycles. The van der Waals surface area contributed by atoms with Crippen molar-refractivity contribution in [1.82, 2.24) is 9.78 Å². The van der Waals surface area contributed by atoms with E-state index in [1.54, 1.807) is 6.07 Å². The summed E-state index contributed by atoms with van der Waals surface area (Å²) >= 11 is 0. The predicted molar refractivity (Wildman–Crippen MR) is 64.3 cm³/mol. The Bertz CT molecular complexity index is 587. The maximum atomic E-state index is 9.53. The van der Waals surface area contributed by atoms with E-state index in [-0.39, 0.29) is 0 Å². The van der Waals surface area contributed by atoms with Crippen LogP contribution in [-0.4, -0.2) is 21.5 Å². The molecule has 0 saturated heterocycles. The van der Waals surface area contributed by atoms with Crippen LogP contribution in [0.1, 0.15) is 11.1 Å². The number of phenols is 1. The van der Waals surface area contributed by atoms with Crippen LogP contribution in [0.2, 0.25) is 0 Å². The van der Waals surface area contributed by atoms with Gasteiger partial charge in [0, 0.05) is 11.1 Å². The van der Waals surface area contributed by atoms with Crippen molar-refractivity contribution in [1.29, 1.82) is 0 Å². The fourth-order valence-corrected chi connectivity index (χ4v) is 2.18. The molecule has 1 N–H and O–H groups in total. The average molecular weight is 230 g/mol. The number of hydrogen-bond donors (Lipinski definition) is 1. The van der Waals surface area contributed by atoms with Crippen molar-refractivity contribution in [3.63, 3.8) is 0 Å². The first kappa shape index (κ1) is 10.2. The molecule has 4 heteroatoms. The maximum absolute atomic E-state index is 9.53. The van der Waals surface area contributed by atoms with E-state index in [0.717, 1.165) is 34.8 Å². The molecule has 2 aromatic rings. The van der Waals surface area contributed by atoms with Crippen molar-refractivity contribution in [2.75, 3.05) is 6.61 Å². The van der Waals surface area contributed by atoms with Crippen LogP contribution in [0.3, 0.4) is 0 Å². The van der Waals surface area contributed by atoms with Crippen LogP contribution in [0.25, 0.3) is 11.3 Å². The molecule has 0 saturated carbocycles. The first-order chi connectivity index (χ1) is 8.16. The van der Waals surface area contributed by atoms with Gasteiger partial charge in [-0.05, 0) is 37.6 Å². The molecule has 4 nitrogen and oxygen atoms in total. The van der Waals surface area contributed by atoms with Gasteiger partial charge in [-0.25, -0.2) is 4.68 Å². The van der Waals surface area contributed by atoms with Gasteiger partial charge < -0.3 is 9.84 Å². The van der Waals surface area contributed by atoms with Gasteiger partial charge >= 0.3 is 0 Å². The van der Waals surface area contributed by atoms with E-state index in [9.17, 15) is 5.11 Å². The summed E-state index contributed by atoms with van der Waals surface area (Å²) in [6.07, 6.45) is 0. The summed E-state index contributed by atoms with van der Waals surface area (Å²) < 4.78 is 7.43. The number of benzene rings is 1. The minimum atomic E-state index is 0.314. The van der Waals surface area contributed by atoms with Gasteiger partial charge in [0.2, 0.25) is 5.88 Å². The number of ether oxygens (including phenoxy) is 1. The normalized spacial score (nSPS) is 13.5. The van der Waals surface area contributed by atoms with E-state index >= 15 is 0 Å². The molecule has 0 atom stereocenters. The van der Waals surface area contributed by atoms with Crippen LogP contribution in [-0.2, 0) is 6.54 Å². The summed E-state index contributed by atoms with van der Waals surface area (Å²) in [5.41, 5.74) is 3.87. The Labute approximate surface area is 99.5 Å². The highest BCUT2D eigenvalue weighted by molar-refractivity contribution is 5.67. The zero-order valence-electron chi connectivity index (χ0n) is 9.90. The van der Waals surface area contributed by atoms with Crippen LogP contribution >= 0.6 is 0 Å². The Morgan fingerprint density at radius 2 is 2.18 bits per heavy atom. The molecule has 1 aliphatic rings. The highest BCUT2D eigenvalue weighted by Crippen LogP contribution is 2.33. The lowest BCUT2D eigenvalue weighted by molar-refractivity contribution is 0.355. The molecule has 0 bridgehead atoms. The second-order valence-electron chi connectivity index (χ2n) is 4.35. The Balaban J connectivity index is 2.12. The van der Waals surface area contributed by atoms with Crippen LogP contribution in [0.15, 0.2) is 18.2 Å². The van der Waals surface area contributed by atoms with Gasteiger partial charge in [-0.15, -0.1) is 0 Å². The quantitative estimate of drug-likeness (QED) is 0.817. The number of nitrogens with zero attached hydrogens (tertiary/aromatic N) is 2. The second kappa shape index (κ2) is 3.52. The number of fused-ring (bicyclic) bond motifs is 1. The SMILES string of the molecule is Cc1cc(-c2nn3c(c2C)OCC3)ccc1O. The number of rotatable bonds is 1. The first-order valence-electron chi connectivity index (χ1n) is 5.67. The van der Waals surface area contributed by atoms with Crippen LogP contribution in [0, 0.1) is 13.8 Å². The summed E-state index contributed by atoms with van der Waals surface area (Å²) in [4.78, 5) is 0. The lowest BCUT2D eigenvalue weighted by atomic mass is 10.1. The molecule has 0 spiro atoms. The molecule has 0 unspecified atom stereocenters. The molecule has 88 valence electrons. The van der Waals surface area contributed by atoms with Crippen molar-refractivity contribution in [3.8, 4) is 22.9 Å². The number of aromatic hydroxyl groups is 1. The van der Waals surface area contributed by atoms with Crippen LogP contribution in [0.5, 0.6) is 11.6 Å². The summed E-state index contributed by atoms with van der Waals surface area (Å²) in [5, 5.41) is 14.1. The first-order valence-corrected chi connectivity index (χ1v) is 5.67. The number of phenolic OH excluding ortho intramolecular Hbond substituents is 1. The Morgan fingerprint density at radius 3 is 2.88 bits per heavy atom. The highest BCUT2D eigenvalue weighted by Gasteiger charge is 2.21. The van der Waals surface area contributed by atoms with E-state index in [0.29, 0.717) is 12.4 Å².